The number of morpholine rings is 1. The number of nitrogens with one attached hydrogen (secondary N) is 1. The fraction of sp³-hybridized carbons (Fsp3) is 0.647. The van der Waals surface area contributed by atoms with Crippen molar-refractivity contribution in [3.63, 3.8) is 0 Å². The second kappa shape index (κ2) is 6.67. The largest absolute Gasteiger partial charge is 0.372 e. The van der Waals surface area contributed by atoms with Gasteiger partial charge >= 0.3 is 0 Å². The number of halogens is 1. The quantitative estimate of drug-likeness (QED) is 0.889. The fourth-order valence-corrected chi connectivity index (χ4v) is 3.13. The number of benzene rings is 1. The first-order valence-corrected chi connectivity index (χ1v) is 8.48. The molecule has 0 radical (unpaired) electrons. The van der Waals surface area contributed by atoms with Crippen LogP contribution >= 0.6 is 15.9 Å². The topological polar surface area (TPSA) is 24.5 Å². The molecular weight excluding hydrogens is 328 g/mol. The third-order valence-electron chi connectivity index (χ3n) is 3.63. The number of ether oxygens (including phenoxy) is 1. The van der Waals surface area contributed by atoms with Crippen molar-refractivity contribution >= 4 is 21.6 Å². The molecule has 4 heteroatoms. The molecule has 0 amide bonds. The predicted octanol–water partition coefficient (Wildman–Crippen LogP) is 3.95. The van der Waals surface area contributed by atoms with Crippen LogP contribution in [0.4, 0.5) is 5.69 Å². The lowest BCUT2D eigenvalue weighted by Gasteiger charge is -2.37. The summed E-state index contributed by atoms with van der Waals surface area (Å²) in [5.41, 5.74) is 2.69. The van der Waals surface area contributed by atoms with E-state index in [1.807, 2.05) is 0 Å². The van der Waals surface area contributed by atoms with Gasteiger partial charge in [-0.2, -0.15) is 0 Å². The van der Waals surface area contributed by atoms with Crippen molar-refractivity contribution in [2.75, 3.05) is 18.0 Å². The molecule has 0 spiro atoms. The van der Waals surface area contributed by atoms with Gasteiger partial charge in [0, 0.05) is 35.3 Å². The normalized spacial score (nSPS) is 23.4. The summed E-state index contributed by atoms with van der Waals surface area (Å²) < 4.78 is 6.97. The van der Waals surface area contributed by atoms with Gasteiger partial charge in [-0.3, -0.25) is 0 Å². The molecule has 1 saturated heterocycles. The number of hydrogen-bond donors (Lipinski definition) is 1. The van der Waals surface area contributed by atoms with Gasteiger partial charge in [-0.05, 0) is 52.3 Å². The maximum absolute atomic E-state index is 5.80. The Bertz CT molecular complexity index is 474. The number of hydrogen-bond acceptors (Lipinski definition) is 3. The van der Waals surface area contributed by atoms with Crippen LogP contribution in [0.15, 0.2) is 22.7 Å². The first-order chi connectivity index (χ1) is 9.74. The zero-order valence-corrected chi connectivity index (χ0v) is 15.3. The van der Waals surface area contributed by atoms with E-state index in [9.17, 15) is 0 Å². The standard InChI is InChI=1S/C17H27BrN2O/c1-12-10-20(11-13(2)21-12)15-7-6-14(16(18)8-15)9-19-17(3,4)5/h6-8,12-13,19H,9-11H2,1-5H3. The molecule has 2 rings (SSSR count). The van der Waals surface area contributed by atoms with E-state index in [2.05, 4.69) is 79.0 Å². The second-order valence-corrected chi connectivity index (χ2v) is 7.90. The van der Waals surface area contributed by atoms with Crippen molar-refractivity contribution in [1.29, 1.82) is 0 Å². The number of rotatable bonds is 3. The molecule has 1 fully saturated rings. The van der Waals surface area contributed by atoms with E-state index in [0.29, 0.717) is 0 Å². The first-order valence-electron chi connectivity index (χ1n) is 7.68. The average molecular weight is 355 g/mol. The van der Waals surface area contributed by atoms with Gasteiger partial charge in [0.2, 0.25) is 0 Å². The Labute approximate surface area is 137 Å². The predicted molar refractivity (Wildman–Crippen MR) is 93.0 cm³/mol. The monoisotopic (exact) mass is 354 g/mol. The molecule has 2 unspecified atom stereocenters. The highest BCUT2D eigenvalue weighted by Gasteiger charge is 2.22. The molecule has 1 aromatic rings. The van der Waals surface area contributed by atoms with Crippen molar-refractivity contribution in [1.82, 2.24) is 5.32 Å². The summed E-state index contributed by atoms with van der Waals surface area (Å²) in [6.07, 6.45) is 0.574. The third-order valence-corrected chi connectivity index (χ3v) is 4.37. The highest BCUT2D eigenvalue weighted by molar-refractivity contribution is 9.10. The van der Waals surface area contributed by atoms with Crippen LogP contribution in [-0.4, -0.2) is 30.8 Å². The number of nitrogens with zero attached hydrogens (tertiary/aromatic N) is 1. The molecule has 21 heavy (non-hydrogen) atoms. The van der Waals surface area contributed by atoms with Crippen LogP contribution in [0.1, 0.15) is 40.2 Å². The van der Waals surface area contributed by atoms with Crippen LogP contribution in [-0.2, 0) is 11.3 Å². The van der Waals surface area contributed by atoms with Gasteiger partial charge in [-0.15, -0.1) is 0 Å². The summed E-state index contributed by atoms with van der Waals surface area (Å²) in [6.45, 7) is 13.6. The highest BCUT2D eigenvalue weighted by Crippen LogP contribution is 2.27. The second-order valence-electron chi connectivity index (χ2n) is 7.04. The molecule has 3 nitrogen and oxygen atoms in total. The molecule has 0 aliphatic carbocycles. The summed E-state index contributed by atoms with van der Waals surface area (Å²) in [5.74, 6) is 0. The molecule has 0 bridgehead atoms. The summed E-state index contributed by atoms with van der Waals surface area (Å²) >= 11 is 3.71. The van der Waals surface area contributed by atoms with Gasteiger partial charge in [0.25, 0.3) is 0 Å². The zero-order valence-electron chi connectivity index (χ0n) is 13.7. The molecule has 2 atom stereocenters. The lowest BCUT2D eigenvalue weighted by molar-refractivity contribution is -0.00522. The molecule has 118 valence electrons. The van der Waals surface area contributed by atoms with E-state index in [-0.39, 0.29) is 17.7 Å². The maximum Gasteiger partial charge on any atom is 0.0726 e. The van der Waals surface area contributed by atoms with Crippen molar-refractivity contribution < 1.29 is 4.74 Å². The number of anilines is 1. The van der Waals surface area contributed by atoms with Gasteiger partial charge in [-0.25, -0.2) is 0 Å². The van der Waals surface area contributed by atoms with E-state index in [1.165, 1.54) is 15.7 Å². The van der Waals surface area contributed by atoms with Crippen LogP contribution < -0.4 is 10.2 Å². The Morgan fingerprint density at radius 1 is 1.24 bits per heavy atom. The van der Waals surface area contributed by atoms with E-state index in [0.717, 1.165) is 19.6 Å². The molecule has 1 N–H and O–H groups in total. The van der Waals surface area contributed by atoms with Crippen LogP contribution in [0.5, 0.6) is 0 Å². The summed E-state index contributed by atoms with van der Waals surface area (Å²) in [7, 11) is 0. The van der Waals surface area contributed by atoms with Gasteiger partial charge in [0.05, 0.1) is 12.2 Å². The Morgan fingerprint density at radius 3 is 2.38 bits per heavy atom. The van der Waals surface area contributed by atoms with Crippen molar-refractivity contribution in [2.45, 2.75) is 58.9 Å². The molecular formula is C17H27BrN2O. The average Bonchev–Trinajstić information content (AvgIpc) is 2.35. The minimum atomic E-state index is 0.132. The van der Waals surface area contributed by atoms with Gasteiger partial charge in [0.1, 0.15) is 0 Å². The van der Waals surface area contributed by atoms with Gasteiger partial charge in [0.15, 0.2) is 0 Å². The third kappa shape index (κ3) is 4.97. The first kappa shape index (κ1) is 16.8. The van der Waals surface area contributed by atoms with Crippen LogP contribution in [0.25, 0.3) is 0 Å². The van der Waals surface area contributed by atoms with Gasteiger partial charge in [-0.1, -0.05) is 22.0 Å². The van der Waals surface area contributed by atoms with E-state index >= 15 is 0 Å². The lowest BCUT2D eigenvalue weighted by atomic mass is 10.1. The SMILES string of the molecule is CC1CN(c2ccc(CNC(C)(C)C)c(Br)c2)CC(C)O1. The van der Waals surface area contributed by atoms with Crippen molar-refractivity contribution in [3.05, 3.63) is 28.2 Å². The Kier molecular flexibility index (Phi) is 5.33. The zero-order chi connectivity index (χ0) is 15.6. The molecule has 0 saturated carbocycles. The minimum absolute atomic E-state index is 0.132. The maximum atomic E-state index is 5.80. The smallest absolute Gasteiger partial charge is 0.0726 e. The Hall–Kier alpha value is -0.580. The van der Waals surface area contributed by atoms with Crippen molar-refractivity contribution in [2.24, 2.45) is 0 Å². The van der Waals surface area contributed by atoms with E-state index in [1.54, 1.807) is 0 Å². The van der Waals surface area contributed by atoms with Crippen LogP contribution in [0, 0.1) is 0 Å². The van der Waals surface area contributed by atoms with Crippen molar-refractivity contribution in [3.8, 4) is 0 Å². The molecule has 1 aliphatic rings. The highest BCUT2D eigenvalue weighted by atomic mass is 79.9. The summed E-state index contributed by atoms with van der Waals surface area (Å²) in [5, 5.41) is 3.53. The van der Waals surface area contributed by atoms with Gasteiger partial charge < -0.3 is 15.0 Å². The molecule has 0 aromatic heterocycles. The minimum Gasteiger partial charge on any atom is -0.372 e. The fourth-order valence-electron chi connectivity index (χ4n) is 2.63. The molecule has 1 heterocycles. The van der Waals surface area contributed by atoms with E-state index in [4.69, 9.17) is 4.74 Å². The Morgan fingerprint density at radius 2 is 1.86 bits per heavy atom. The Balaban J connectivity index is 2.08. The molecule has 1 aliphatic heterocycles. The summed E-state index contributed by atoms with van der Waals surface area (Å²) in [6, 6.07) is 6.66. The van der Waals surface area contributed by atoms with E-state index < -0.39 is 0 Å². The lowest BCUT2D eigenvalue weighted by Crippen LogP contribution is -2.45. The van der Waals surface area contributed by atoms with Crippen LogP contribution in [0.3, 0.4) is 0 Å². The molecule has 1 aromatic carbocycles. The van der Waals surface area contributed by atoms with Crippen LogP contribution in [0.2, 0.25) is 0 Å². The summed E-state index contributed by atoms with van der Waals surface area (Å²) in [4.78, 5) is 2.41.